The van der Waals surface area contributed by atoms with Crippen LogP contribution in [0.3, 0.4) is 0 Å². The zero-order valence-electron chi connectivity index (χ0n) is 13.0. The van der Waals surface area contributed by atoms with Gasteiger partial charge in [-0.25, -0.2) is 0 Å². The Kier molecular flexibility index (Phi) is 6.41. The first-order valence-electron chi connectivity index (χ1n) is 7.25. The van der Waals surface area contributed by atoms with E-state index in [0.29, 0.717) is 27.8 Å². The SMILES string of the molecule is C/C=C/C(=O)Nc1ccc(C(=O)NCc2ccc(Cl)cc2Cl)cc1. The summed E-state index contributed by atoms with van der Waals surface area (Å²) in [7, 11) is 0. The fraction of sp³-hybridized carbons (Fsp3) is 0.111. The third kappa shape index (κ3) is 5.11. The smallest absolute Gasteiger partial charge is 0.251 e. The molecule has 0 saturated heterocycles. The maximum Gasteiger partial charge on any atom is 0.251 e. The first-order chi connectivity index (χ1) is 11.5. The van der Waals surface area contributed by atoms with E-state index in [4.69, 9.17) is 23.2 Å². The Morgan fingerprint density at radius 2 is 1.79 bits per heavy atom. The summed E-state index contributed by atoms with van der Waals surface area (Å²) in [5.74, 6) is -0.445. The highest BCUT2D eigenvalue weighted by atomic mass is 35.5. The largest absolute Gasteiger partial charge is 0.348 e. The Balaban J connectivity index is 1.96. The molecular formula is C18H16Cl2N2O2. The second kappa shape index (κ2) is 8.52. The summed E-state index contributed by atoms with van der Waals surface area (Å²) >= 11 is 11.9. The van der Waals surface area contributed by atoms with Crippen molar-refractivity contribution in [3.05, 3.63) is 75.8 Å². The van der Waals surface area contributed by atoms with Crippen molar-refractivity contribution in [3.63, 3.8) is 0 Å². The number of carbonyl (C=O) groups excluding carboxylic acids is 2. The average molecular weight is 363 g/mol. The number of allylic oxidation sites excluding steroid dienone is 1. The molecule has 0 aliphatic heterocycles. The van der Waals surface area contributed by atoms with Crippen LogP contribution in [-0.4, -0.2) is 11.8 Å². The molecule has 6 heteroatoms. The van der Waals surface area contributed by atoms with Gasteiger partial charge in [-0.05, 0) is 55.0 Å². The standard InChI is InChI=1S/C18H16Cl2N2O2/c1-2-3-17(23)22-15-8-5-12(6-9-15)18(24)21-11-13-4-7-14(19)10-16(13)20/h2-10H,11H2,1H3,(H,21,24)(H,22,23)/b3-2+. The Bertz CT molecular complexity index is 771. The maximum atomic E-state index is 12.2. The third-order valence-electron chi connectivity index (χ3n) is 3.19. The predicted octanol–water partition coefficient (Wildman–Crippen LogP) is 4.44. The van der Waals surface area contributed by atoms with E-state index in [1.807, 2.05) is 0 Å². The molecule has 2 aromatic rings. The van der Waals surface area contributed by atoms with Crippen LogP contribution in [0.15, 0.2) is 54.6 Å². The van der Waals surface area contributed by atoms with Gasteiger partial charge in [0.1, 0.15) is 0 Å². The molecule has 124 valence electrons. The summed E-state index contributed by atoms with van der Waals surface area (Å²) in [5.41, 5.74) is 1.89. The van der Waals surface area contributed by atoms with Gasteiger partial charge in [0, 0.05) is 27.8 Å². The molecule has 2 amide bonds. The highest BCUT2D eigenvalue weighted by Crippen LogP contribution is 2.20. The topological polar surface area (TPSA) is 58.2 Å². The van der Waals surface area contributed by atoms with E-state index < -0.39 is 0 Å². The van der Waals surface area contributed by atoms with Crippen molar-refractivity contribution in [2.45, 2.75) is 13.5 Å². The minimum atomic E-state index is -0.229. The Morgan fingerprint density at radius 1 is 1.08 bits per heavy atom. The van der Waals surface area contributed by atoms with Gasteiger partial charge in [-0.1, -0.05) is 35.3 Å². The van der Waals surface area contributed by atoms with Crippen molar-refractivity contribution in [1.82, 2.24) is 5.32 Å². The summed E-state index contributed by atoms with van der Waals surface area (Å²) in [4.78, 5) is 23.6. The third-order valence-corrected chi connectivity index (χ3v) is 3.77. The van der Waals surface area contributed by atoms with E-state index in [1.54, 1.807) is 55.5 Å². The number of amides is 2. The summed E-state index contributed by atoms with van der Waals surface area (Å²) in [5, 5.41) is 6.53. The van der Waals surface area contributed by atoms with Crippen LogP contribution >= 0.6 is 23.2 Å². The van der Waals surface area contributed by atoms with Crippen molar-refractivity contribution in [1.29, 1.82) is 0 Å². The molecule has 4 nitrogen and oxygen atoms in total. The quantitative estimate of drug-likeness (QED) is 0.772. The average Bonchev–Trinajstić information content (AvgIpc) is 2.54. The van der Waals surface area contributed by atoms with Gasteiger partial charge in [-0.2, -0.15) is 0 Å². The van der Waals surface area contributed by atoms with E-state index in [9.17, 15) is 9.59 Å². The number of benzene rings is 2. The molecule has 2 aromatic carbocycles. The van der Waals surface area contributed by atoms with E-state index in [1.165, 1.54) is 6.08 Å². The lowest BCUT2D eigenvalue weighted by molar-refractivity contribution is -0.111. The van der Waals surface area contributed by atoms with Gasteiger partial charge >= 0.3 is 0 Å². The Labute approximate surface area is 150 Å². The van der Waals surface area contributed by atoms with E-state index in [0.717, 1.165) is 5.56 Å². The molecule has 0 bridgehead atoms. The van der Waals surface area contributed by atoms with Gasteiger partial charge in [-0.3, -0.25) is 9.59 Å². The van der Waals surface area contributed by atoms with Gasteiger partial charge in [0.15, 0.2) is 0 Å². The summed E-state index contributed by atoms with van der Waals surface area (Å²) in [6.07, 6.45) is 3.08. The normalized spacial score (nSPS) is 10.6. The van der Waals surface area contributed by atoms with Crippen LogP contribution in [0.4, 0.5) is 5.69 Å². The molecule has 0 radical (unpaired) electrons. The second-order valence-electron chi connectivity index (χ2n) is 4.99. The molecule has 2 N–H and O–H groups in total. The molecule has 0 saturated carbocycles. The number of rotatable bonds is 5. The lowest BCUT2D eigenvalue weighted by atomic mass is 10.1. The fourth-order valence-corrected chi connectivity index (χ4v) is 2.46. The molecule has 0 unspecified atom stereocenters. The van der Waals surface area contributed by atoms with Crippen LogP contribution in [0, 0.1) is 0 Å². The van der Waals surface area contributed by atoms with Crippen molar-refractivity contribution in [2.75, 3.05) is 5.32 Å². The molecular weight excluding hydrogens is 347 g/mol. The Hall–Kier alpha value is -2.30. The number of hydrogen-bond acceptors (Lipinski definition) is 2. The van der Waals surface area contributed by atoms with E-state index in [2.05, 4.69) is 10.6 Å². The number of hydrogen-bond donors (Lipinski definition) is 2. The van der Waals surface area contributed by atoms with Gasteiger partial charge in [0.2, 0.25) is 5.91 Å². The molecule has 0 spiro atoms. The van der Waals surface area contributed by atoms with Crippen LogP contribution in [0.2, 0.25) is 10.0 Å². The summed E-state index contributed by atoms with van der Waals surface area (Å²) < 4.78 is 0. The van der Waals surface area contributed by atoms with Crippen molar-refractivity contribution >= 4 is 40.7 Å². The minimum Gasteiger partial charge on any atom is -0.348 e. The highest BCUT2D eigenvalue weighted by Gasteiger charge is 2.07. The number of halogens is 2. The maximum absolute atomic E-state index is 12.2. The lowest BCUT2D eigenvalue weighted by Gasteiger charge is -2.08. The summed E-state index contributed by atoms with van der Waals surface area (Å²) in [6.45, 7) is 2.06. The molecule has 0 aromatic heterocycles. The number of carbonyl (C=O) groups is 2. The van der Waals surface area contributed by atoms with Crippen molar-refractivity contribution < 1.29 is 9.59 Å². The highest BCUT2D eigenvalue weighted by molar-refractivity contribution is 6.35. The van der Waals surface area contributed by atoms with Crippen LogP contribution in [0.5, 0.6) is 0 Å². The minimum absolute atomic E-state index is 0.216. The van der Waals surface area contributed by atoms with Gasteiger partial charge in [0.05, 0.1) is 0 Å². The predicted molar refractivity (Wildman–Crippen MR) is 97.5 cm³/mol. The van der Waals surface area contributed by atoms with Gasteiger partial charge in [-0.15, -0.1) is 0 Å². The van der Waals surface area contributed by atoms with Crippen molar-refractivity contribution in [3.8, 4) is 0 Å². The van der Waals surface area contributed by atoms with Crippen LogP contribution in [-0.2, 0) is 11.3 Å². The molecule has 0 atom stereocenters. The molecule has 0 heterocycles. The Morgan fingerprint density at radius 3 is 2.42 bits per heavy atom. The van der Waals surface area contributed by atoms with E-state index in [-0.39, 0.29) is 11.8 Å². The van der Waals surface area contributed by atoms with Crippen LogP contribution in [0.1, 0.15) is 22.8 Å². The van der Waals surface area contributed by atoms with Gasteiger partial charge < -0.3 is 10.6 Å². The molecule has 0 aliphatic rings. The molecule has 0 fully saturated rings. The van der Waals surface area contributed by atoms with Gasteiger partial charge in [0.25, 0.3) is 5.91 Å². The number of nitrogens with one attached hydrogen (secondary N) is 2. The molecule has 24 heavy (non-hydrogen) atoms. The number of anilines is 1. The van der Waals surface area contributed by atoms with Crippen LogP contribution in [0.25, 0.3) is 0 Å². The zero-order valence-corrected chi connectivity index (χ0v) is 14.5. The first kappa shape index (κ1) is 18.0. The summed E-state index contributed by atoms with van der Waals surface area (Å²) in [6, 6.07) is 11.8. The molecule has 2 rings (SSSR count). The first-order valence-corrected chi connectivity index (χ1v) is 8.01. The fourth-order valence-electron chi connectivity index (χ4n) is 1.98. The van der Waals surface area contributed by atoms with Crippen molar-refractivity contribution in [2.24, 2.45) is 0 Å². The second-order valence-corrected chi connectivity index (χ2v) is 5.83. The molecule has 0 aliphatic carbocycles. The lowest BCUT2D eigenvalue weighted by Crippen LogP contribution is -2.22. The van der Waals surface area contributed by atoms with Crippen LogP contribution < -0.4 is 10.6 Å². The monoisotopic (exact) mass is 362 g/mol. The van der Waals surface area contributed by atoms with E-state index >= 15 is 0 Å². The zero-order chi connectivity index (χ0) is 17.5.